The maximum atomic E-state index is 11.4. The van der Waals surface area contributed by atoms with E-state index in [4.69, 9.17) is 10.00 Å². The molecule has 0 aromatic heterocycles. The van der Waals surface area contributed by atoms with E-state index in [1.165, 1.54) is 0 Å². The summed E-state index contributed by atoms with van der Waals surface area (Å²) in [5.41, 5.74) is -0.164. The summed E-state index contributed by atoms with van der Waals surface area (Å²) in [4.78, 5) is 11.4. The topological polar surface area (TPSA) is 50.1 Å². The highest BCUT2D eigenvalue weighted by Crippen LogP contribution is 2.09. The maximum Gasteiger partial charge on any atom is 0.311 e. The van der Waals surface area contributed by atoms with E-state index in [2.05, 4.69) is 0 Å². The first kappa shape index (κ1) is 11.3. The lowest BCUT2D eigenvalue weighted by Crippen LogP contribution is -2.26. The van der Waals surface area contributed by atoms with Crippen molar-refractivity contribution in [2.75, 3.05) is 0 Å². The van der Waals surface area contributed by atoms with Crippen LogP contribution in [0.1, 0.15) is 19.4 Å². The van der Waals surface area contributed by atoms with Crippen molar-refractivity contribution in [3.63, 3.8) is 0 Å². The minimum Gasteiger partial charge on any atom is -0.444 e. The van der Waals surface area contributed by atoms with Crippen molar-refractivity contribution in [3.05, 3.63) is 35.9 Å². The van der Waals surface area contributed by atoms with Gasteiger partial charge < -0.3 is 4.74 Å². The quantitative estimate of drug-likeness (QED) is 0.706. The Morgan fingerprint density at radius 3 is 2.53 bits per heavy atom. The molecule has 0 bridgehead atoms. The van der Waals surface area contributed by atoms with Gasteiger partial charge in [0.05, 0.1) is 6.42 Å². The molecule has 0 aliphatic rings. The van der Waals surface area contributed by atoms with E-state index >= 15 is 0 Å². The molecule has 0 atom stereocenters. The predicted octanol–water partition coefficient (Wildman–Crippen LogP) is 2.07. The molecule has 1 rings (SSSR count). The zero-order valence-electron chi connectivity index (χ0n) is 8.86. The van der Waals surface area contributed by atoms with Gasteiger partial charge in [-0.15, -0.1) is 0 Å². The molecular formula is C12H13NO2. The molecule has 0 fully saturated rings. The zero-order valence-corrected chi connectivity index (χ0v) is 8.86. The van der Waals surface area contributed by atoms with Crippen molar-refractivity contribution in [3.8, 4) is 6.07 Å². The summed E-state index contributed by atoms with van der Waals surface area (Å²) in [7, 11) is 0. The summed E-state index contributed by atoms with van der Waals surface area (Å²) >= 11 is 0. The fraction of sp³-hybridized carbons (Fsp3) is 0.333. The second kappa shape index (κ2) is 4.61. The molecule has 0 spiro atoms. The van der Waals surface area contributed by atoms with Gasteiger partial charge in [-0.05, 0) is 19.4 Å². The molecule has 3 nitrogen and oxygen atoms in total. The highest BCUT2D eigenvalue weighted by molar-refractivity contribution is 5.73. The summed E-state index contributed by atoms with van der Waals surface area (Å²) in [5.74, 6) is -0.382. The van der Waals surface area contributed by atoms with Gasteiger partial charge in [0.25, 0.3) is 0 Å². The molecule has 15 heavy (non-hydrogen) atoms. The molecule has 0 radical (unpaired) electrons. The van der Waals surface area contributed by atoms with E-state index in [9.17, 15) is 4.79 Å². The van der Waals surface area contributed by atoms with Gasteiger partial charge in [0, 0.05) is 0 Å². The lowest BCUT2D eigenvalue weighted by atomic mass is 10.1. The fourth-order valence-corrected chi connectivity index (χ4v) is 1.11. The number of nitrogens with zero attached hydrogens (tertiary/aromatic N) is 1. The van der Waals surface area contributed by atoms with E-state index in [1.54, 1.807) is 13.8 Å². The summed E-state index contributed by atoms with van der Waals surface area (Å²) in [5, 5.41) is 8.68. The number of benzene rings is 1. The smallest absolute Gasteiger partial charge is 0.311 e. The number of nitriles is 1. The van der Waals surface area contributed by atoms with Crippen molar-refractivity contribution in [2.24, 2.45) is 0 Å². The standard InChI is InChI=1S/C12H13NO2/c1-12(2,9-13)15-11(14)8-10-6-4-3-5-7-10/h3-7H,8H2,1-2H3. The van der Waals surface area contributed by atoms with E-state index in [0.29, 0.717) is 0 Å². The minimum absolute atomic E-state index is 0.200. The first-order chi connectivity index (χ1) is 7.03. The van der Waals surface area contributed by atoms with Crippen LogP contribution in [0.3, 0.4) is 0 Å². The van der Waals surface area contributed by atoms with Gasteiger partial charge in [-0.2, -0.15) is 5.26 Å². The van der Waals surface area contributed by atoms with Crippen LogP contribution in [-0.2, 0) is 16.0 Å². The molecule has 0 N–H and O–H groups in total. The second-order valence-corrected chi connectivity index (χ2v) is 3.76. The lowest BCUT2D eigenvalue weighted by molar-refractivity contribution is -0.151. The highest BCUT2D eigenvalue weighted by Gasteiger charge is 2.21. The van der Waals surface area contributed by atoms with Crippen molar-refractivity contribution >= 4 is 5.97 Å². The van der Waals surface area contributed by atoms with Crippen LogP contribution >= 0.6 is 0 Å². The molecule has 0 amide bonds. The number of ether oxygens (including phenoxy) is 1. The molecule has 1 aromatic carbocycles. The van der Waals surface area contributed by atoms with Gasteiger partial charge in [-0.1, -0.05) is 30.3 Å². The molecule has 0 aliphatic carbocycles. The Hall–Kier alpha value is -1.82. The molecule has 3 heteroatoms. The fourth-order valence-electron chi connectivity index (χ4n) is 1.11. The van der Waals surface area contributed by atoms with Gasteiger partial charge >= 0.3 is 5.97 Å². The Morgan fingerprint density at radius 2 is 2.00 bits per heavy atom. The second-order valence-electron chi connectivity index (χ2n) is 3.76. The van der Waals surface area contributed by atoms with Crippen molar-refractivity contribution in [1.82, 2.24) is 0 Å². The third-order valence-corrected chi connectivity index (χ3v) is 1.83. The van der Waals surface area contributed by atoms with Crippen LogP contribution in [0.5, 0.6) is 0 Å². The van der Waals surface area contributed by atoms with Crippen LogP contribution in [0, 0.1) is 11.3 Å². The Kier molecular flexibility index (Phi) is 3.46. The molecule has 78 valence electrons. The number of hydrogen-bond donors (Lipinski definition) is 0. The third kappa shape index (κ3) is 3.82. The van der Waals surface area contributed by atoms with E-state index in [0.717, 1.165) is 5.56 Å². The summed E-state index contributed by atoms with van der Waals surface area (Å²) < 4.78 is 4.99. The number of carbonyl (C=O) groups excluding carboxylic acids is 1. The van der Waals surface area contributed by atoms with Crippen LogP contribution in [0.25, 0.3) is 0 Å². The largest absolute Gasteiger partial charge is 0.444 e. The van der Waals surface area contributed by atoms with E-state index < -0.39 is 5.60 Å². The van der Waals surface area contributed by atoms with Crippen LogP contribution in [0.4, 0.5) is 0 Å². The molecule has 0 saturated heterocycles. The molecular weight excluding hydrogens is 190 g/mol. The zero-order chi connectivity index (χ0) is 11.3. The first-order valence-electron chi connectivity index (χ1n) is 4.70. The van der Waals surface area contributed by atoms with Crippen LogP contribution in [0.2, 0.25) is 0 Å². The van der Waals surface area contributed by atoms with Gasteiger partial charge in [-0.25, -0.2) is 0 Å². The molecule has 0 unspecified atom stereocenters. The Balaban J connectivity index is 2.55. The van der Waals surface area contributed by atoms with Gasteiger partial charge in [0.15, 0.2) is 5.60 Å². The average Bonchev–Trinajstić information content (AvgIpc) is 2.18. The summed E-state index contributed by atoms with van der Waals surface area (Å²) in [6, 6.07) is 11.2. The van der Waals surface area contributed by atoms with E-state index in [1.807, 2.05) is 36.4 Å². The Morgan fingerprint density at radius 1 is 1.40 bits per heavy atom. The van der Waals surface area contributed by atoms with Crippen molar-refractivity contribution in [2.45, 2.75) is 25.9 Å². The monoisotopic (exact) mass is 203 g/mol. The van der Waals surface area contributed by atoms with Crippen LogP contribution < -0.4 is 0 Å². The highest BCUT2D eigenvalue weighted by atomic mass is 16.6. The summed E-state index contributed by atoms with van der Waals surface area (Å²) in [6.07, 6.45) is 0.200. The molecule has 0 heterocycles. The van der Waals surface area contributed by atoms with Gasteiger partial charge in [0.1, 0.15) is 6.07 Å². The molecule has 0 saturated carbocycles. The first-order valence-corrected chi connectivity index (χ1v) is 4.70. The van der Waals surface area contributed by atoms with E-state index in [-0.39, 0.29) is 12.4 Å². The number of hydrogen-bond acceptors (Lipinski definition) is 3. The SMILES string of the molecule is CC(C)(C#N)OC(=O)Cc1ccccc1. The average molecular weight is 203 g/mol. The Labute approximate surface area is 89.3 Å². The van der Waals surface area contributed by atoms with Gasteiger partial charge in [-0.3, -0.25) is 4.79 Å². The number of carbonyl (C=O) groups is 1. The maximum absolute atomic E-state index is 11.4. The third-order valence-electron chi connectivity index (χ3n) is 1.83. The van der Waals surface area contributed by atoms with Gasteiger partial charge in [0.2, 0.25) is 0 Å². The Bertz CT molecular complexity index is 376. The number of esters is 1. The van der Waals surface area contributed by atoms with Crippen molar-refractivity contribution in [1.29, 1.82) is 5.26 Å². The normalized spacial score (nSPS) is 10.5. The lowest BCUT2D eigenvalue weighted by Gasteiger charge is -2.16. The van der Waals surface area contributed by atoms with Crippen molar-refractivity contribution < 1.29 is 9.53 Å². The predicted molar refractivity (Wildman–Crippen MR) is 55.9 cm³/mol. The van der Waals surface area contributed by atoms with Crippen LogP contribution in [-0.4, -0.2) is 11.6 Å². The molecule has 1 aromatic rings. The van der Waals surface area contributed by atoms with Crippen LogP contribution in [0.15, 0.2) is 30.3 Å². The minimum atomic E-state index is -1.05. The number of rotatable bonds is 3. The molecule has 0 aliphatic heterocycles. The summed E-state index contributed by atoms with van der Waals surface area (Å²) in [6.45, 7) is 3.13.